The van der Waals surface area contributed by atoms with Crippen molar-refractivity contribution in [3.05, 3.63) is 81.1 Å². The molecule has 1 aromatic carbocycles. The summed E-state index contributed by atoms with van der Waals surface area (Å²) in [7, 11) is 0. The van der Waals surface area contributed by atoms with Crippen molar-refractivity contribution in [3.8, 4) is 0 Å². The van der Waals surface area contributed by atoms with Gasteiger partial charge in [-0.25, -0.2) is 0 Å². The Hall–Kier alpha value is -3.56. The molecule has 0 aliphatic carbocycles. The Bertz CT molecular complexity index is 1050. The van der Waals surface area contributed by atoms with Crippen LogP contribution in [0.1, 0.15) is 28.3 Å². The summed E-state index contributed by atoms with van der Waals surface area (Å²) in [6.45, 7) is 4.34. The highest BCUT2D eigenvalue weighted by Gasteiger charge is 2.33. The number of furan rings is 1. The summed E-state index contributed by atoms with van der Waals surface area (Å²) in [4.78, 5) is 10.2. The topological polar surface area (TPSA) is 85.6 Å². The smallest absolute Gasteiger partial charge is 0.416 e. The van der Waals surface area contributed by atoms with Crippen LogP contribution in [0.25, 0.3) is 0 Å². The number of aryl methyl sites for hydroxylation is 1. The average molecular weight is 406 g/mol. The van der Waals surface area contributed by atoms with E-state index in [-0.39, 0.29) is 5.69 Å². The Morgan fingerprint density at radius 2 is 2.03 bits per heavy atom. The molecule has 0 radical (unpaired) electrons. The van der Waals surface area contributed by atoms with Crippen LogP contribution < -0.4 is 5.43 Å². The van der Waals surface area contributed by atoms with Gasteiger partial charge in [0.2, 0.25) is 0 Å². The molecule has 2 aromatic heterocycles. The van der Waals surface area contributed by atoms with Gasteiger partial charge in [-0.2, -0.15) is 18.3 Å². The number of nitrogens with zero attached hydrogens (tertiary/aromatic N) is 3. The number of rotatable bonds is 6. The third-order valence-corrected chi connectivity index (χ3v) is 4.42. The molecular formula is C19H17F3N4O3. The Balaban J connectivity index is 1.80. The normalized spacial score (nSPS) is 11.9. The van der Waals surface area contributed by atoms with E-state index in [1.165, 1.54) is 6.21 Å². The Labute approximate surface area is 163 Å². The lowest BCUT2D eigenvalue weighted by Gasteiger charge is -2.08. The maximum Gasteiger partial charge on any atom is 0.416 e. The number of hydrogen-bond donors (Lipinski definition) is 1. The molecule has 0 saturated carbocycles. The van der Waals surface area contributed by atoms with Gasteiger partial charge in [0.1, 0.15) is 11.4 Å². The first-order chi connectivity index (χ1) is 13.7. The molecule has 10 heteroatoms. The summed E-state index contributed by atoms with van der Waals surface area (Å²) in [6, 6.07) is 7.76. The van der Waals surface area contributed by atoms with E-state index in [0.717, 1.165) is 34.8 Å². The number of nitro benzene ring substituents is 1. The van der Waals surface area contributed by atoms with Gasteiger partial charge in [-0.3, -0.25) is 15.5 Å². The predicted molar refractivity (Wildman–Crippen MR) is 101 cm³/mol. The lowest BCUT2D eigenvalue weighted by atomic mass is 10.1. The van der Waals surface area contributed by atoms with Gasteiger partial charge in [0.05, 0.1) is 29.5 Å². The van der Waals surface area contributed by atoms with Crippen LogP contribution in [0.2, 0.25) is 0 Å². The van der Waals surface area contributed by atoms with Crippen molar-refractivity contribution in [2.75, 3.05) is 5.43 Å². The molecule has 0 bridgehead atoms. The highest BCUT2D eigenvalue weighted by Crippen LogP contribution is 2.35. The largest absolute Gasteiger partial charge is 0.467 e. The van der Waals surface area contributed by atoms with Gasteiger partial charge >= 0.3 is 6.18 Å². The van der Waals surface area contributed by atoms with Crippen LogP contribution in [0.5, 0.6) is 0 Å². The number of anilines is 1. The van der Waals surface area contributed by atoms with Crippen molar-refractivity contribution in [2.45, 2.75) is 26.6 Å². The Morgan fingerprint density at radius 3 is 2.66 bits per heavy atom. The standard InChI is InChI=1S/C19H17F3N4O3/c1-12-8-14(13(2)25(12)11-16-4-3-7-29-16)10-23-24-17-6-5-15(19(20,21)22)9-18(17)26(27)28/h3-10,24H,11H2,1-2H3/b23-10+. The van der Waals surface area contributed by atoms with Crippen molar-refractivity contribution >= 4 is 17.6 Å². The minimum absolute atomic E-state index is 0.136. The zero-order chi connectivity index (χ0) is 21.2. The lowest BCUT2D eigenvalue weighted by Crippen LogP contribution is -2.06. The predicted octanol–water partition coefficient (Wildman–Crippen LogP) is 5.12. The molecule has 7 nitrogen and oxygen atoms in total. The van der Waals surface area contributed by atoms with E-state index >= 15 is 0 Å². The number of nitro groups is 1. The van der Waals surface area contributed by atoms with Crippen LogP contribution in [-0.4, -0.2) is 15.7 Å². The number of hydrazone groups is 1. The second-order valence-corrected chi connectivity index (χ2v) is 6.35. The maximum atomic E-state index is 12.8. The van der Waals surface area contributed by atoms with E-state index in [2.05, 4.69) is 10.5 Å². The van der Waals surface area contributed by atoms with Crippen LogP contribution >= 0.6 is 0 Å². The van der Waals surface area contributed by atoms with E-state index in [4.69, 9.17) is 4.42 Å². The lowest BCUT2D eigenvalue weighted by molar-refractivity contribution is -0.384. The number of benzene rings is 1. The fourth-order valence-corrected chi connectivity index (χ4v) is 2.89. The van der Waals surface area contributed by atoms with Gasteiger partial charge in [-0.05, 0) is 44.2 Å². The third kappa shape index (κ3) is 4.48. The van der Waals surface area contributed by atoms with E-state index in [0.29, 0.717) is 12.6 Å². The van der Waals surface area contributed by atoms with Crippen molar-refractivity contribution in [1.82, 2.24) is 4.57 Å². The summed E-state index contributed by atoms with van der Waals surface area (Å²) in [5, 5.41) is 15.1. The molecular weight excluding hydrogens is 389 g/mol. The molecule has 0 aliphatic rings. The Morgan fingerprint density at radius 1 is 1.28 bits per heavy atom. The number of aromatic nitrogens is 1. The van der Waals surface area contributed by atoms with Gasteiger partial charge in [-0.1, -0.05) is 0 Å². The number of halogens is 3. The van der Waals surface area contributed by atoms with Crippen LogP contribution in [0.15, 0.2) is 52.2 Å². The van der Waals surface area contributed by atoms with Gasteiger partial charge in [0.15, 0.2) is 0 Å². The number of alkyl halides is 3. The molecule has 3 rings (SSSR count). The second-order valence-electron chi connectivity index (χ2n) is 6.35. The minimum Gasteiger partial charge on any atom is -0.467 e. The van der Waals surface area contributed by atoms with E-state index in [1.54, 1.807) is 12.3 Å². The molecule has 29 heavy (non-hydrogen) atoms. The Kier molecular flexibility index (Phi) is 5.44. The quantitative estimate of drug-likeness (QED) is 0.350. The zero-order valence-electron chi connectivity index (χ0n) is 15.5. The van der Waals surface area contributed by atoms with Gasteiger partial charge < -0.3 is 8.98 Å². The first-order valence-corrected chi connectivity index (χ1v) is 8.50. The fourth-order valence-electron chi connectivity index (χ4n) is 2.89. The van der Waals surface area contributed by atoms with Crippen molar-refractivity contribution < 1.29 is 22.5 Å². The molecule has 3 aromatic rings. The highest BCUT2D eigenvalue weighted by atomic mass is 19.4. The monoisotopic (exact) mass is 406 g/mol. The van der Waals surface area contributed by atoms with Crippen LogP contribution in [-0.2, 0) is 12.7 Å². The summed E-state index contributed by atoms with van der Waals surface area (Å²) in [5.74, 6) is 0.786. The average Bonchev–Trinajstić information content (AvgIpc) is 3.25. The molecule has 0 saturated heterocycles. The first kappa shape index (κ1) is 20.2. The highest BCUT2D eigenvalue weighted by molar-refractivity contribution is 5.82. The van der Waals surface area contributed by atoms with E-state index in [9.17, 15) is 23.3 Å². The summed E-state index contributed by atoms with van der Waals surface area (Å²) < 4.78 is 45.7. The van der Waals surface area contributed by atoms with Crippen molar-refractivity contribution in [1.29, 1.82) is 0 Å². The summed E-state index contributed by atoms with van der Waals surface area (Å²) in [5.41, 5.74) is 3.13. The molecule has 2 heterocycles. The van der Waals surface area contributed by atoms with Crippen LogP contribution in [0, 0.1) is 24.0 Å². The molecule has 152 valence electrons. The molecule has 0 unspecified atom stereocenters. The molecule has 1 N–H and O–H groups in total. The van der Waals surface area contributed by atoms with Crippen LogP contribution in [0.4, 0.5) is 24.5 Å². The molecule has 0 amide bonds. The zero-order valence-corrected chi connectivity index (χ0v) is 15.5. The molecule has 0 fully saturated rings. The molecule has 0 spiro atoms. The second kappa shape index (κ2) is 7.82. The third-order valence-electron chi connectivity index (χ3n) is 4.42. The van der Waals surface area contributed by atoms with Crippen LogP contribution in [0.3, 0.4) is 0 Å². The molecule has 0 aliphatic heterocycles. The summed E-state index contributed by atoms with van der Waals surface area (Å²) in [6.07, 6.45) is -1.62. The molecule has 0 atom stereocenters. The first-order valence-electron chi connectivity index (χ1n) is 8.50. The van der Waals surface area contributed by atoms with Gasteiger partial charge in [-0.15, -0.1) is 0 Å². The van der Waals surface area contributed by atoms with E-state index in [1.807, 2.05) is 30.5 Å². The number of nitrogens with one attached hydrogen (secondary N) is 1. The van der Waals surface area contributed by atoms with Gasteiger partial charge in [0.25, 0.3) is 5.69 Å². The summed E-state index contributed by atoms with van der Waals surface area (Å²) >= 11 is 0. The van der Waals surface area contributed by atoms with Crippen molar-refractivity contribution in [2.24, 2.45) is 5.10 Å². The van der Waals surface area contributed by atoms with Crippen molar-refractivity contribution in [3.63, 3.8) is 0 Å². The minimum atomic E-state index is -4.67. The van der Waals surface area contributed by atoms with Gasteiger partial charge in [0, 0.05) is 23.0 Å². The fraction of sp³-hybridized carbons (Fsp3) is 0.211. The van der Waals surface area contributed by atoms with E-state index < -0.39 is 22.4 Å². The maximum absolute atomic E-state index is 12.8. The number of hydrogen-bond acceptors (Lipinski definition) is 5. The SMILES string of the molecule is Cc1cc(/C=N/Nc2ccc(C(F)(F)F)cc2[N+](=O)[O-])c(C)n1Cc1ccco1.